The summed E-state index contributed by atoms with van der Waals surface area (Å²) in [5.74, 6) is -1.64. The Morgan fingerprint density at radius 2 is 1.72 bits per heavy atom. The molecule has 1 saturated heterocycles. The van der Waals surface area contributed by atoms with Crippen molar-refractivity contribution in [1.82, 2.24) is 5.32 Å². The Bertz CT molecular complexity index is 374. The molecule has 2 atom stereocenters. The number of carboxylic acid groups (broad SMARTS) is 1. The van der Waals surface area contributed by atoms with Crippen molar-refractivity contribution in [3.8, 4) is 0 Å². The Balaban J connectivity index is 1.99. The first-order chi connectivity index (χ1) is 8.19. The number of hydrogen-bond acceptors (Lipinski definition) is 3. The Hall–Kier alpha value is -1.10. The molecule has 1 aliphatic carbocycles. The third-order valence-corrected chi connectivity index (χ3v) is 5.01. The predicted octanol–water partition coefficient (Wildman–Crippen LogP) is 0.884. The molecule has 2 unspecified atom stereocenters. The summed E-state index contributed by atoms with van der Waals surface area (Å²) in [4.78, 5) is 23.2. The number of carbonyl (C=O) groups excluding carboxylic acids is 1. The molecule has 0 aromatic rings. The van der Waals surface area contributed by atoms with Gasteiger partial charge in [0.1, 0.15) is 5.92 Å². The van der Waals surface area contributed by atoms with Crippen molar-refractivity contribution < 1.29 is 19.4 Å². The van der Waals surface area contributed by atoms with E-state index in [-0.39, 0.29) is 35.9 Å². The maximum absolute atomic E-state index is 12.2. The van der Waals surface area contributed by atoms with E-state index in [0.29, 0.717) is 0 Å². The van der Waals surface area contributed by atoms with E-state index in [1.54, 1.807) is 0 Å². The van der Waals surface area contributed by atoms with Crippen molar-refractivity contribution in [2.24, 2.45) is 22.7 Å². The highest BCUT2D eigenvalue weighted by atomic mass is 16.5. The lowest BCUT2D eigenvalue weighted by Gasteiger charge is -2.16. The first-order valence-corrected chi connectivity index (χ1v) is 6.30. The molecule has 1 heterocycles. The quantitative estimate of drug-likeness (QED) is 0.785. The first-order valence-electron chi connectivity index (χ1n) is 6.30. The van der Waals surface area contributed by atoms with E-state index in [1.165, 1.54) is 0 Å². The zero-order valence-corrected chi connectivity index (χ0v) is 11.3. The molecule has 102 valence electrons. The van der Waals surface area contributed by atoms with Crippen molar-refractivity contribution in [2.75, 3.05) is 13.2 Å². The highest BCUT2D eigenvalue weighted by molar-refractivity contribution is 5.85. The van der Waals surface area contributed by atoms with Gasteiger partial charge in [-0.15, -0.1) is 0 Å². The molecule has 0 bridgehead atoms. The molecule has 1 amide bonds. The van der Waals surface area contributed by atoms with Gasteiger partial charge < -0.3 is 15.2 Å². The van der Waals surface area contributed by atoms with Crippen molar-refractivity contribution in [1.29, 1.82) is 0 Å². The largest absolute Gasteiger partial charge is 0.481 e. The second kappa shape index (κ2) is 3.95. The number of amides is 1. The van der Waals surface area contributed by atoms with Gasteiger partial charge in [0, 0.05) is 5.92 Å². The molecule has 2 aliphatic rings. The van der Waals surface area contributed by atoms with Crippen LogP contribution < -0.4 is 5.32 Å². The fourth-order valence-corrected chi connectivity index (χ4v) is 3.06. The van der Waals surface area contributed by atoms with E-state index in [0.717, 1.165) is 0 Å². The summed E-state index contributed by atoms with van der Waals surface area (Å²) >= 11 is 0. The van der Waals surface area contributed by atoms with Gasteiger partial charge in [-0.2, -0.15) is 0 Å². The minimum absolute atomic E-state index is 0.0325. The average molecular weight is 255 g/mol. The van der Waals surface area contributed by atoms with E-state index < -0.39 is 17.9 Å². The Kier molecular flexibility index (Phi) is 2.93. The lowest BCUT2D eigenvalue weighted by atomic mass is 10.0. The lowest BCUT2D eigenvalue weighted by Crippen LogP contribution is -2.44. The number of rotatable bonds is 3. The molecular formula is C13H21NO4. The number of ether oxygens (including phenoxy) is 1. The number of nitrogens with one attached hydrogen (secondary N) is 1. The number of carboxylic acids is 1. The summed E-state index contributed by atoms with van der Waals surface area (Å²) in [6, 6.07) is -0.401. The number of aliphatic carboxylic acids is 1. The molecule has 0 aromatic heterocycles. The van der Waals surface area contributed by atoms with Crippen LogP contribution in [0.2, 0.25) is 0 Å². The molecule has 0 aromatic carbocycles. The molecule has 5 heteroatoms. The van der Waals surface area contributed by atoms with E-state index in [9.17, 15) is 9.59 Å². The Labute approximate surface area is 107 Å². The molecule has 1 saturated carbocycles. The second-order valence-electron chi connectivity index (χ2n) is 6.47. The standard InChI is InChI=1S/C13H21NO4/c1-12(2)9(13(12,3)4)10(15)14-8-6-18-5-7(8)11(16)17/h7-9H,5-6H2,1-4H3,(H,14,15)(H,16,17). The van der Waals surface area contributed by atoms with Crippen LogP contribution >= 0.6 is 0 Å². The first kappa shape index (κ1) is 13.3. The monoisotopic (exact) mass is 255 g/mol. The fraction of sp³-hybridized carbons (Fsp3) is 0.846. The van der Waals surface area contributed by atoms with Crippen LogP contribution in [0.3, 0.4) is 0 Å². The highest BCUT2D eigenvalue weighted by Gasteiger charge is 2.68. The fourth-order valence-electron chi connectivity index (χ4n) is 3.06. The van der Waals surface area contributed by atoms with Crippen LogP contribution in [-0.2, 0) is 14.3 Å². The van der Waals surface area contributed by atoms with Gasteiger partial charge in [-0.1, -0.05) is 27.7 Å². The van der Waals surface area contributed by atoms with Gasteiger partial charge in [-0.25, -0.2) is 0 Å². The van der Waals surface area contributed by atoms with Crippen LogP contribution in [0.1, 0.15) is 27.7 Å². The van der Waals surface area contributed by atoms with Crippen molar-refractivity contribution in [2.45, 2.75) is 33.7 Å². The van der Waals surface area contributed by atoms with Gasteiger partial charge in [-0.3, -0.25) is 9.59 Å². The predicted molar refractivity (Wildman–Crippen MR) is 64.9 cm³/mol. The highest BCUT2D eigenvalue weighted by Crippen LogP contribution is 2.68. The van der Waals surface area contributed by atoms with Crippen LogP contribution in [-0.4, -0.2) is 36.2 Å². The summed E-state index contributed by atoms with van der Waals surface area (Å²) in [6.07, 6.45) is 0. The van der Waals surface area contributed by atoms with E-state index in [1.807, 2.05) is 0 Å². The topological polar surface area (TPSA) is 75.6 Å². The van der Waals surface area contributed by atoms with Gasteiger partial charge in [0.2, 0.25) is 5.91 Å². The Morgan fingerprint density at radius 3 is 2.17 bits per heavy atom. The summed E-state index contributed by atoms with van der Waals surface area (Å²) in [5, 5.41) is 11.9. The van der Waals surface area contributed by atoms with Crippen LogP contribution in [0.25, 0.3) is 0 Å². The molecule has 1 aliphatic heterocycles. The average Bonchev–Trinajstić information content (AvgIpc) is 2.59. The smallest absolute Gasteiger partial charge is 0.311 e. The third-order valence-electron chi connectivity index (χ3n) is 5.01. The van der Waals surface area contributed by atoms with E-state index in [2.05, 4.69) is 33.0 Å². The molecule has 0 radical (unpaired) electrons. The van der Waals surface area contributed by atoms with Crippen LogP contribution in [0.4, 0.5) is 0 Å². The zero-order chi connectivity index (χ0) is 13.7. The second-order valence-corrected chi connectivity index (χ2v) is 6.47. The van der Waals surface area contributed by atoms with Crippen LogP contribution in [0, 0.1) is 22.7 Å². The van der Waals surface area contributed by atoms with Crippen molar-refractivity contribution in [3.05, 3.63) is 0 Å². The zero-order valence-electron chi connectivity index (χ0n) is 11.3. The summed E-state index contributed by atoms with van der Waals surface area (Å²) in [5.41, 5.74) is -0.0650. The molecule has 18 heavy (non-hydrogen) atoms. The van der Waals surface area contributed by atoms with Gasteiger partial charge in [0.05, 0.1) is 19.3 Å². The van der Waals surface area contributed by atoms with Gasteiger partial charge in [-0.05, 0) is 10.8 Å². The SMILES string of the molecule is CC1(C)C(C(=O)NC2COCC2C(=O)O)C1(C)C. The van der Waals surface area contributed by atoms with Crippen LogP contribution in [0.15, 0.2) is 0 Å². The maximum atomic E-state index is 12.2. The number of carbonyl (C=O) groups is 2. The molecule has 2 rings (SSSR count). The van der Waals surface area contributed by atoms with Gasteiger partial charge in [0.15, 0.2) is 0 Å². The minimum atomic E-state index is -0.910. The van der Waals surface area contributed by atoms with E-state index >= 15 is 0 Å². The lowest BCUT2D eigenvalue weighted by molar-refractivity contribution is -0.142. The maximum Gasteiger partial charge on any atom is 0.311 e. The summed E-state index contributed by atoms with van der Waals surface area (Å²) in [6.45, 7) is 8.73. The van der Waals surface area contributed by atoms with Crippen molar-refractivity contribution >= 4 is 11.9 Å². The number of hydrogen-bond donors (Lipinski definition) is 2. The molecule has 5 nitrogen and oxygen atoms in total. The summed E-state index contributed by atoms with van der Waals surface area (Å²) in [7, 11) is 0. The minimum Gasteiger partial charge on any atom is -0.481 e. The third kappa shape index (κ3) is 1.81. The van der Waals surface area contributed by atoms with Crippen molar-refractivity contribution in [3.63, 3.8) is 0 Å². The van der Waals surface area contributed by atoms with Gasteiger partial charge >= 0.3 is 5.97 Å². The van der Waals surface area contributed by atoms with E-state index in [4.69, 9.17) is 9.84 Å². The summed E-state index contributed by atoms with van der Waals surface area (Å²) < 4.78 is 5.14. The molecular weight excluding hydrogens is 234 g/mol. The normalized spacial score (nSPS) is 33.1. The van der Waals surface area contributed by atoms with Crippen LogP contribution in [0.5, 0.6) is 0 Å². The van der Waals surface area contributed by atoms with Gasteiger partial charge in [0.25, 0.3) is 0 Å². The molecule has 2 N–H and O–H groups in total. The Morgan fingerprint density at radius 1 is 1.17 bits per heavy atom. The molecule has 0 spiro atoms. The molecule has 2 fully saturated rings.